The van der Waals surface area contributed by atoms with Gasteiger partial charge in [-0.25, -0.2) is 0 Å². The van der Waals surface area contributed by atoms with Crippen LogP contribution >= 0.6 is 0 Å². The molecular formula is C11H15NO3. The van der Waals surface area contributed by atoms with Crippen LogP contribution in [-0.4, -0.2) is 26.1 Å². The molecule has 0 bridgehead atoms. The molecule has 0 spiro atoms. The van der Waals surface area contributed by atoms with Gasteiger partial charge < -0.3 is 15.2 Å². The Morgan fingerprint density at radius 3 is 2.73 bits per heavy atom. The van der Waals surface area contributed by atoms with E-state index in [1.807, 2.05) is 6.92 Å². The van der Waals surface area contributed by atoms with Gasteiger partial charge in [-0.3, -0.25) is 4.79 Å². The number of benzene rings is 1. The number of hydrogen-bond acceptors (Lipinski definition) is 4. The Hall–Kier alpha value is -1.55. The molecule has 0 unspecified atom stereocenters. The van der Waals surface area contributed by atoms with Gasteiger partial charge in [-0.15, -0.1) is 0 Å². The van der Waals surface area contributed by atoms with Crippen LogP contribution < -0.4 is 10.5 Å². The number of Topliss-reactive ketones (excluding diaryl/α,β-unsaturated/α-hetero) is 1. The number of anilines is 1. The minimum absolute atomic E-state index is 0.0629. The monoisotopic (exact) mass is 209 g/mol. The molecule has 15 heavy (non-hydrogen) atoms. The SMILES string of the molecule is CCOc1ccc(C(=O)COC)cc1N. The largest absolute Gasteiger partial charge is 0.492 e. The van der Waals surface area contributed by atoms with E-state index in [1.165, 1.54) is 7.11 Å². The molecule has 0 aliphatic carbocycles. The second-order valence-corrected chi connectivity index (χ2v) is 3.04. The Balaban J connectivity index is 2.86. The molecule has 0 aromatic heterocycles. The number of nitrogens with two attached hydrogens (primary N) is 1. The van der Waals surface area contributed by atoms with Crippen LogP contribution in [0.2, 0.25) is 0 Å². The molecule has 4 nitrogen and oxygen atoms in total. The van der Waals surface area contributed by atoms with E-state index in [1.54, 1.807) is 18.2 Å². The first kappa shape index (κ1) is 11.5. The van der Waals surface area contributed by atoms with Gasteiger partial charge in [0.1, 0.15) is 12.4 Å². The molecular weight excluding hydrogens is 194 g/mol. The molecule has 0 radical (unpaired) electrons. The van der Waals surface area contributed by atoms with Crippen molar-refractivity contribution in [2.45, 2.75) is 6.92 Å². The molecule has 0 saturated carbocycles. The molecule has 1 rings (SSSR count). The predicted molar refractivity (Wildman–Crippen MR) is 58.2 cm³/mol. The Kier molecular flexibility index (Phi) is 4.12. The lowest BCUT2D eigenvalue weighted by molar-refractivity contribution is 0.0848. The fourth-order valence-electron chi connectivity index (χ4n) is 1.22. The van der Waals surface area contributed by atoms with Crippen LogP contribution in [0, 0.1) is 0 Å². The average molecular weight is 209 g/mol. The minimum atomic E-state index is -0.0905. The van der Waals surface area contributed by atoms with Crippen LogP contribution in [0.15, 0.2) is 18.2 Å². The highest BCUT2D eigenvalue weighted by Crippen LogP contribution is 2.22. The van der Waals surface area contributed by atoms with E-state index >= 15 is 0 Å². The summed E-state index contributed by atoms with van der Waals surface area (Å²) in [5.41, 5.74) is 6.73. The highest BCUT2D eigenvalue weighted by Gasteiger charge is 2.08. The summed E-state index contributed by atoms with van der Waals surface area (Å²) in [6.45, 7) is 2.49. The van der Waals surface area contributed by atoms with Crippen LogP contribution in [0.1, 0.15) is 17.3 Å². The summed E-state index contributed by atoms with van der Waals surface area (Å²) in [4.78, 5) is 11.4. The Labute approximate surface area is 89.0 Å². The Morgan fingerprint density at radius 1 is 1.47 bits per heavy atom. The summed E-state index contributed by atoms with van der Waals surface area (Å²) in [5.74, 6) is 0.513. The highest BCUT2D eigenvalue weighted by atomic mass is 16.5. The summed E-state index contributed by atoms with van der Waals surface area (Å²) in [6, 6.07) is 4.98. The van der Waals surface area contributed by atoms with E-state index in [4.69, 9.17) is 15.2 Å². The number of ether oxygens (including phenoxy) is 2. The number of carbonyl (C=O) groups excluding carboxylic acids is 1. The molecule has 0 saturated heterocycles. The zero-order valence-electron chi connectivity index (χ0n) is 8.95. The lowest BCUT2D eigenvalue weighted by Crippen LogP contribution is -2.08. The van der Waals surface area contributed by atoms with Gasteiger partial charge in [-0.05, 0) is 25.1 Å². The first-order valence-electron chi connectivity index (χ1n) is 4.73. The number of ketones is 1. The zero-order chi connectivity index (χ0) is 11.3. The van der Waals surface area contributed by atoms with Crippen molar-refractivity contribution in [3.63, 3.8) is 0 Å². The van der Waals surface area contributed by atoms with Gasteiger partial charge >= 0.3 is 0 Å². The summed E-state index contributed by atoms with van der Waals surface area (Å²) in [7, 11) is 1.48. The molecule has 0 heterocycles. The normalized spacial score (nSPS) is 10.0. The van der Waals surface area contributed by atoms with Gasteiger partial charge in [-0.1, -0.05) is 0 Å². The van der Waals surface area contributed by atoms with Crippen molar-refractivity contribution >= 4 is 11.5 Å². The van der Waals surface area contributed by atoms with Crippen LogP contribution in [0.4, 0.5) is 5.69 Å². The second kappa shape index (κ2) is 5.36. The Morgan fingerprint density at radius 2 is 2.20 bits per heavy atom. The first-order valence-corrected chi connectivity index (χ1v) is 4.73. The van der Waals surface area contributed by atoms with E-state index in [0.717, 1.165) is 0 Å². The molecule has 0 fully saturated rings. The number of carbonyl (C=O) groups is 1. The van der Waals surface area contributed by atoms with Gasteiger partial charge in [0.2, 0.25) is 0 Å². The quantitative estimate of drug-likeness (QED) is 0.589. The van der Waals surface area contributed by atoms with Crippen LogP contribution in [0.3, 0.4) is 0 Å². The number of hydrogen-bond donors (Lipinski definition) is 1. The molecule has 0 aliphatic heterocycles. The van der Waals surface area contributed by atoms with Gasteiger partial charge in [-0.2, -0.15) is 0 Å². The minimum Gasteiger partial charge on any atom is -0.492 e. The third-order valence-corrected chi connectivity index (χ3v) is 1.91. The average Bonchev–Trinajstić information content (AvgIpc) is 2.21. The van der Waals surface area contributed by atoms with E-state index in [-0.39, 0.29) is 12.4 Å². The van der Waals surface area contributed by atoms with Crippen LogP contribution in [0.5, 0.6) is 5.75 Å². The third-order valence-electron chi connectivity index (χ3n) is 1.91. The summed E-state index contributed by atoms with van der Waals surface area (Å²) in [5, 5.41) is 0. The highest BCUT2D eigenvalue weighted by molar-refractivity contribution is 5.98. The summed E-state index contributed by atoms with van der Waals surface area (Å²) < 4.78 is 10.0. The molecule has 2 N–H and O–H groups in total. The molecule has 1 aromatic rings. The molecule has 1 aromatic carbocycles. The van der Waals surface area contributed by atoms with Crippen LogP contribution in [0.25, 0.3) is 0 Å². The van der Waals surface area contributed by atoms with Crippen molar-refractivity contribution in [3.05, 3.63) is 23.8 Å². The predicted octanol–water partition coefficient (Wildman–Crippen LogP) is 1.50. The lowest BCUT2D eigenvalue weighted by atomic mass is 10.1. The van der Waals surface area contributed by atoms with Gasteiger partial charge in [0, 0.05) is 12.7 Å². The number of rotatable bonds is 5. The molecule has 82 valence electrons. The van der Waals surface area contributed by atoms with E-state index < -0.39 is 0 Å². The summed E-state index contributed by atoms with van der Waals surface area (Å²) in [6.07, 6.45) is 0. The van der Waals surface area contributed by atoms with Gasteiger partial charge in [0.15, 0.2) is 5.78 Å². The lowest BCUT2D eigenvalue weighted by Gasteiger charge is -2.07. The zero-order valence-corrected chi connectivity index (χ0v) is 8.95. The number of methoxy groups -OCH3 is 1. The second-order valence-electron chi connectivity index (χ2n) is 3.04. The van der Waals surface area contributed by atoms with Gasteiger partial charge in [0.25, 0.3) is 0 Å². The standard InChI is InChI=1S/C11H15NO3/c1-3-15-11-5-4-8(6-9(11)12)10(13)7-14-2/h4-6H,3,7,12H2,1-2H3. The molecule has 0 amide bonds. The van der Waals surface area contributed by atoms with Crippen LogP contribution in [-0.2, 0) is 4.74 Å². The molecule has 4 heteroatoms. The van der Waals surface area contributed by atoms with E-state index in [9.17, 15) is 4.79 Å². The topological polar surface area (TPSA) is 61.5 Å². The maximum atomic E-state index is 11.4. The van der Waals surface area contributed by atoms with Crippen molar-refractivity contribution in [1.29, 1.82) is 0 Å². The number of nitrogen functional groups attached to an aromatic ring is 1. The third kappa shape index (κ3) is 2.95. The van der Waals surface area contributed by atoms with Crippen molar-refractivity contribution in [2.24, 2.45) is 0 Å². The maximum absolute atomic E-state index is 11.4. The smallest absolute Gasteiger partial charge is 0.188 e. The first-order chi connectivity index (χ1) is 7.19. The molecule has 0 atom stereocenters. The van der Waals surface area contributed by atoms with Gasteiger partial charge in [0.05, 0.1) is 12.3 Å². The van der Waals surface area contributed by atoms with Crippen molar-refractivity contribution in [2.75, 3.05) is 26.1 Å². The maximum Gasteiger partial charge on any atom is 0.188 e. The Bertz CT molecular complexity index is 350. The fourth-order valence-corrected chi connectivity index (χ4v) is 1.22. The van der Waals surface area contributed by atoms with Crippen molar-refractivity contribution in [1.82, 2.24) is 0 Å². The van der Waals surface area contributed by atoms with Crippen molar-refractivity contribution < 1.29 is 14.3 Å². The van der Waals surface area contributed by atoms with E-state index in [2.05, 4.69) is 0 Å². The van der Waals surface area contributed by atoms with E-state index in [0.29, 0.717) is 23.6 Å². The molecule has 0 aliphatic rings. The fraction of sp³-hybridized carbons (Fsp3) is 0.364. The summed E-state index contributed by atoms with van der Waals surface area (Å²) >= 11 is 0. The van der Waals surface area contributed by atoms with Crippen molar-refractivity contribution in [3.8, 4) is 5.75 Å².